The van der Waals surface area contributed by atoms with Crippen LogP contribution in [0, 0.1) is 13.8 Å². The van der Waals surface area contributed by atoms with Gasteiger partial charge >= 0.3 is 0 Å². The second kappa shape index (κ2) is 5.47. The lowest BCUT2D eigenvalue weighted by molar-refractivity contribution is 1.06. The number of hydrogen-bond donors (Lipinski definition) is 1. The van der Waals surface area contributed by atoms with Crippen molar-refractivity contribution in [1.82, 2.24) is 9.97 Å². The smallest absolute Gasteiger partial charge is 0.136 e. The molecule has 2 aromatic rings. The van der Waals surface area contributed by atoms with E-state index in [0.717, 1.165) is 22.8 Å². The lowest BCUT2D eigenvalue weighted by atomic mass is 10.2. The third kappa shape index (κ3) is 2.70. The predicted molar refractivity (Wildman–Crippen MR) is 68.5 cm³/mol. The van der Waals surface area contributed by atoms with Crippen molar-refractivity contribution in [3.05, 3.63) is 47.9 Å². The second-order valence-corrected chi connectivity index (χ2v) is 3.42. The van der Waals surface area contributed by atoms with Gasteiger partial charge in [0.2, 0.25) is 0 Å². The molecule has 1 N–H and O–H groups in total. The number of nitrogens with zero attached hydrogens (tertiary/aromatic N) is 2. The Hall–Kier alpha value is -1.61. The second-order valence-electron chi connectivity index (χ2n) is 3.42. The van der Waals surface area contributed by atoms with Gasteiger partial charge in [-0.25, -0.2) is 9.97 Å². The fourth-order valence-corrected chi connectivity index (χ4v) is 1.32. The number of hydrogen-bond acceptors (Lipinski definition) is 3. The molecule has 0 spiro atoms. The molecule has 0 saturated carbocycles. The van der Waals surface area contributed by atoms with Crippen LogP contribution in [0.5, 0.6) is 0 Å². The summed E-state index contributed by atoms with van der Waals surface area (Å²) in [5.74, 6) is 0.869. The van der Waals surface area contributed by atoms with E-state index >= 15 is 0 Å². The molecule has 1 aromatic heterocycles. The summed E-state index contributed by atoms with van der Waals surface area (Å²) in [6.45, 7) is 3.99. The van der Waals surface area contributed by atoms with Crippen molar-refractivity contribution in [2.24, 2.45) is 0 Å². The number of rotatable bonds is 2. The molecule has 0 aliphatic carbocycles. The van der Waals surface area contributed by atoms with Crippen molar-refractivity contribution in [3.8, 4) is 0 Å². The molecule has 0 amide bonds. The molecule has 4 heteroatoms. The quantitative estimate of drug-likeness (QED) is 0.868. The normalized spacial score (nSPS) is 9.38. The molecule has 0 radical (unpaired) electrons. The Morgan fingerprint density at radius 2 is 1.69 bits per heavy atom. The van der Waals surface area contributed by atoms with Gasteiger partial charge in [0.05, 0.1) is 0 Å². The molecule has 0 unspecified atom stereocenters. The van der Waals surface area contributed by atoms with Crippen molar-refractivity contribution in [1.29, 1.82) is 0 Å². The number of anilines is 2. The molecular weight excluding hydrogens is 222 g/mol. The Kier molecular flexibility index (Phi) is 4.26. The molecule has 3 nitrogen and oxygen atoms in total. The van der Waals surface area contributed by atoms with Gasteiger partial charge in [-0.15, -0.1) is 12.4 Å². The van der Waals surface area contributed by atoms with Crippen LogP contribution in [-0.4, -0.2) is 9.97 Å². The molecule has 0 atom stereocenters. The van der Waals surface area contributed by atoms with Crippen LogP contribution < -0.4 is 5.32 Å². The molecule has 0 saturated heterocycles. The van der Waals surface area contributed by atoms with Gasteiger partial charge in [-0.1, -0.05) is 18.2 Å². The first-order chi connectivity index (χ1) is 7.27. The summed E-state index contributed by atoms with van der Waals surface area (Å²) in [4.78, 5) is 8.34. The Labute approximate surface area is 101 Å². The standard InChI is InChI=1S/C12H13N3.ClH/c1-9-10(2)13-8-14-12(9)15-11-6-4-3-5-7-11;/h3-8H,1-2H3,(H,13,14,15);1H. The van der Waals surface area contributed by atoms with E-state index in [2.05, 4.69) is 15.3 Å². The fourth-order valence-electron chi connectivity index (χ4n) is 1.32. The topological polar surface area (TPSA) is 37.8 Å². The lowest BCUT2D eigenvalue weighted by Crippen LogP contribution is -1.99. The van der Waals surface area contributed by atoms with E-state index in [9.17, 15) is 0 Å². The minimum atomic E-state index is 0. The fraction of sp³-hybridized carbons (Fsp3) is 0.167. The monoisotopic (exact) mass is 235 g/mol. The van der Waals surface area contributed by atoms with Crippen molar-refractivity contribution in [3.63, 3.8) is 0 Å². The van der Waals surface area contributed by atoms with Crippen molar-refractivity contribution in [2.75, 3.05) is 5.32 Å². The number of para-hydroxylation sites is 1. The van der Waals surface area contributed by atoms with Gasteiger partial charge in [-0.2, -0.15) is 0 Å². The van der Waals surface area contributed by atoms with Crippen molar-refractivity contribution < 1.29 is 0 Å². The Bertz CT molecular complexity index is 457. The largest absolute Gasteiger partial charge is 0.340 e. The zero-order valence-corrected chi connectivity index (χ0v) is 10.1. The highest BCUT2D eigenvalue weighted by atomic mass is 35.5. The van der Waals surface area contributed by atoms with Crippen LogP contribution in [-0.2, 0) is 0 Å². The first-order valence-electron chi connectivity index (χ1n) is 4.87. The van der Waals surface area contributed by atoms with Gasteiger partial charge in [0.1, 0.15) is 12.1 Å². The van der Waals surface area contributed by atoms with E-state index in [4.69, 9.17) is 0 Å². The third-order valence-corrected chi connectivity index (χ3v) is 2.37. The molecule has 1 heterocycles. The van der Waals surface area contributed by atoms with Crippen LogP contribution >= 0.6 is 12.4 Å². The van der Waals surface area contributed by atoms with E-state index in [1.807, 2.05) is 44.2 Å². The minimum Gasteiger partial charge on any atom is -0.340 e. The Morgan fingerprint density at radius 3 is 2.38 bits per heavy atom. The predicted octanol–water partition coefficient (Wildman–Crippen LogP) is 3.26. The number of benzene rings is 1. The maximum absolute atomic E-state index is 4.21. The van der Waals surface area contributed by atoms with Crippen molar-refractivity contribution >= 4 is 23.9 Å². The van der Waals surface area contributed by atoms with E-state index in [-0.39, 0.29) is 12.4 Å². The van der Waals surface area contributed by atoms with Gasteiger partial charge in [0, 0.05) is 16.9 Å². The summed E-state index contributed by atoms with van der Waals surface area (Å²) >= 11 is 0. The first kappa shape index (κ1) is 12.5. The molecule has 0 aliphatic heterocycles. The Balaban J connectivity index is 0.00000128. The highest BCUT2D eigenvalue weighted by Gasteiger charge is 2.02. The van der Waals surface area contributed by atoms with E-state index < -0.39 is 0 Å². The molecule has 16 heavy (non-hydrogen) atoms. The molecule has 0 bridgehead atoms. The first-order valence-corrected chi connectivity index (χ1v) is 4.87. The zero-order valence-electron chi connectivity index (χ0n) is 9.27. The minimum absolute atomic E-state index is 0. The number of halogens is 1. The van der Waals surface area contributed by atoms with Crippen LogP contribution in [0.3, 0.4) is 0 Å². The summed E-state index contributed by atoms with van der Waals surface area (Å²) in [5, 5.41) is 3.26. The highest BCUT2D eigenvalue weighted by Crippen LogP contribution is 2.18. The SMILES string of the molecule is Cc1ncnc(Nc2ccccc2)c1C.Cl. The van der Waals surface area contributed by atoms with Crippen LogP contribution in [0.15, 0.2) is 36.7 Å². The average Bonchev–Trinajstić information content (AvgIpc) is 2.26. The van der Waals surface area contributed by atoms with Crippen LogP contribution in [0.1, 0.15) is 11.3 Å². The zero-order chi connectivity index (χ0) is 10.7. The Morgan fingerprint density at radius 1 is 1.00 bits per heavy atom. The number of aromatic nitrogens is 2. The maximum atomic E-state index is 4.21. The maximum Gasteiger partial charge on any atom is 0.136 e. The van der Waals surface area contributed by atoms with Crippen LogP contribution in [0.2, 0.25) is 0 Å². The summed E-state index contributed by atoms with van der Waals surface area (Å²) in [7, 11) is 0. The molecule has 84 valence electrons. The van der Waals surface area contributed by atoms with E-state index in [1.165, 1.54) is 0 Å². The molecule has 0 fully saturated rings. The lowest BCUT2D eigenvalue weighted by Gasteiger charge is -2.08. The van der Waals surface area contributed by atoms with Gasteiger partial charge in [-0.05, 0) is 26.0 Å². The van der Waals surface area contributed by atoms with Gasteiger partial charge in [-0.3, -0.25) is 0 Å². The summed E-state index contributed by atoms with van der Waals surface area (Å²) in [6.07, 6.45) is 1.58. The van der Waals surface area contributed by atoms with Crippen molar-refractivity contribution in [2.45, 2.75) is 13.8 Å². The number of aryl methyl sites for hydroxylation is 1. The van der Waals surface area contributed by atoms with E-state index in [0.29, 0.717) is 0 Å². The van der Waals surface area contributed by atoms with Gasteiger partial charge in [0.15, 0.2) is 0 Å². The van der Waals surface area contributed by atoms with Gasteiger partial charge < -0.3 is 5.32 Å². The molecular formula is C12H14ClN3. The number of nitrogens with one attached hydrogen (secondary N) is 1. The summed E-state index contributed by atoms with van der Waals surface area (Å²) in [5.41, 5.74) is 3.13. The average molecular weight is 236 g/mol. The highest BCUT2D eigenvalue weighted by molar-refractivity contribution is 5.85. The third-order valence-electron chi connectivity index (χ3n) is 2.37. The molecule has 2 rings (SSSR count). The molecule has 0 aliphatic rings. The van der Waals surface area contributed by atoms with Gasteiger partial charge in [0.25, 0.3) is 0 Å². The summed E-state index contributed by atoms with van der Waals surface area (Å²) in [6, 6.07) is 9.99. The van der Waals surface area contributed by atoms with Crippen LogP contribution in [0.4, 0.5) is 11.5 Å². The van der Waals surface area contributed by atoms with E-state index in [1.54, 1.807) is 6.33 Å². The van der Waals surface area contributed by atoms with Crippen LogP contribution in [0.25, 0.3) is 0 Å². The molecule has 1 aromatic carbocycles. The summed E-state index contributed by atoms with van der Waals surface area (Å²) < 4.78 is 0.